The topological polar surface area (TPSA) is 82.9 Å². The first kappa shape index (κ1) is 40.4. The lowest BCUT2D eigenvalue weighted by atomic mass is 9.93. The van der Waals surface area contributed by atoms with Gasteiger partial charge in [0.25, 0.3) is 0 Å². The molecule has 68 heavy (non-hydrogen) atoms. The Morgan fingerprint density at radius 1 is 0.279 bits per heavy atom. The summed E-state index contributed by atoms with van der Waals surface area (Å²) in [5.41, 5.74) is 15.7. The van der Waals surface area contributed by atoms with E-state index in [1.54, 1.807) is 0 Å². The summed E-state index contributed by atoms with van der Waals surface area (Å²) >= 11 is 0. The molecule has 7 heteroatoms. The predicted molar refractivity (Wildman–Crippen MR) is 271 cm³/mol. The molecule has 0 fully saturated rings. The molecule has 2 atom stereocenters. The molecule has 3 aromatic heterocycles. The maximum Gasteiger partial charge on any atom is 0.174 e. The van der Waals surface area contributed by atoms with Crippen LogP contribution < -0.4 is 9.47 Å². The van der Waals surface area contributed by atoms with Crippen LogP contribution in [0, 0.1) is 0 Å². The van der Waals surface area contributed by atoms with Gasteiger partial charge < -0.3 is 9.47 Å². The first-order valence-corrected chi connectivity index (χ1v) is 22.7. The number of nitrogens with zero attached hydrogens (tertiary/aromatic N) is 5. The molecular weight excluding hydrogens is 835 g/mol. The summed E-state index contributed by atoms with van der Waals surface area (Å²) in [6, 6.07) is 65.2. The van der Waals surface area contributed by atoms with Crippen molar-refractivity contribution >= 4 is 0 Å². The lowest BCUT2D eigenvalue weighted by Gasteiger charge is -2.34. The number of fused-ring (bicyclic) bond motifs is 2. The van der Waals surface area contributed by atoms with Gasteiger partial charge in [-0.15, -0.1) is 0 Å². The van der Waals surface area contributed by atoms with Crippen LogP contribution >= 0.6 is 0 Å². The molecule has 1 aliphatic heterocycles. The molecule has 0 bridgehead atoms. The minimum Gasteiger partial charge on any atom is -0.478 e. The van der Waals surface area contributed by atoms with E-state index in [0.717, 1.165) is 83.5 Å². The summed E-state index contributed by atoms with van der Waals surface area (Å²) in [4.78, 5) is 23.7. The van der Waals surface area contributed by atoms with Gasteiger partial charge in [-0.25, -0.2) is 15.0 Å². The van der Waals surface area contributed by atoms with Crippen LogP contribution in [0.25, 0.3) is 101 Å². The van der Waals surface area contributed by atoms with Gasteiger partial charge in [-0.2, -0.15) is 0 Å². The Hall–Kier alpha value is -9.07. The molecule has 7 nitrogen and oxygen atoms in total. The van der Waals surface area contributed by atoms with Crippen molar-refractivity contribution in [3.63, 3.8) is 0 Å². The number of aromatic nitrogens is 5. The molecule has 4 heterocycles. The Bertz CT molecular complexity index is 3410. The minimum absolute atomic E-state index is 0.289. The van der Waals surface area contributed by atoms with E-state index < -0.39 is 0 Å². The fourth-order valence-electron chi connectivity index (χ4n) is 8.95. The number of benzene rings is 7. The van der Waals surface area contributed by atoms with Gasteiger partial charge in [-0.05, 0) is 128 Å². The van der Waals surface area contributed by atoms with E-state index in [4.69, 9.17) is 24.4 Å². The van der Waals surface area contributed by atoms with Crippen LogP contribution in [0.2, 0.25) is 0 Å². The average Bonchev–Trinajstić information content (AvgIpc) is 3.43. The minimum atomic E-state index is -0.312. The van der Waals surface area contributed by atoms with E-state index in [2.05, 4.69) is 119 Å². The van der Waals surface area contributed by atoms with Gasteiger partial charge in [0, 0.05) is 41.5 Å². The van der Waals surface area contributed by atoms with Crippen LogP contribution in [0.15, 0.2) is 237 Å². The molecule has 0 N–H and O–H groups in total. The molecule has 0 saturated heterocycles. The number of rotatable bonds is 9. The molecule has 0 amide bonds. The summed E-state index contributed by atoms with van der Waals surface area (Å²) < 4.78 is 13.7. The van der Waals surface area contributed by atoms with Crippen LogP contribution in [0.4, 0.5) is 0 Å². The highest BCUT2D eigenvalue weighted by Crippen LogP contribution is 2.49. The van der Waals surface area contributed by atoms with Crippen molar-refractivity contribution in [2.45, 2.75) is 12.2 Å². The Labute approximate surface area is 394 Å². The standard InChI is InChI=1S/C61H41N5O2/c1-3-9-40(10-4-1)41-21-25-49(26-22-41)60-64-59(48-11-5-2-6-12-48)65-61(66-60)54-28-27-53(57-58(54)68-56-14-8-7-13-55(56)67-57)47-23-19-43(20-24-47)42-15-17-44(18-16-42)50-37-51(45-29-33-62-34-30-45)39-52(38-50)46-31-35-63-36-32-46/h1-39,55-56H. The van der Waals surface area contributed by atoms with Crippen molar-refractivity contribution in [1.29, 1.82) is 0 Å². The number of hydrogen-bond acceptors (Lipinski definition) is 7. The number of ether oxygens (including phenoxy) is 2. The highest BCUT2D eigenvalue weighted by atomic mass is 16.6. The van der Waals surface area contributed by atoms with E-state index in [-0.39, 0.29) is 12.2 Å². The average molecular weight is 876 g/mol. The quantitative estimate of drug-likeness (QED) is 0.143. The monoisotopic (exact) mass is 875 g/mol. The zero-order valence-electron chi connectivity index (χ0n) is 36.7. The Kier molecular flexibility index (Phi) is 10.5. The van der Waals surface area contributed by atoms with E-state index in [1.165, 1.54) is 0 Å². The number of hydrogen-bond donors (Lipinski definition) is 0. The maximum atomic E-state index is 6.88. The van der Waals surface area contributed by atoms with Gasteiger partial charge in [0.05, 0.1) is 5.56 Å². The van der Waals surface area contributed by atoms with Gasteiger partial charge in [0.1, 0.15) is 0 Å². The third-order valence-electron chi connectivity index (χ3n) is 12.5. The van der Waals surface area contributed by atoms with Gasteiger partial charge in [0.15, 0.2) is 41.2 Å². The fraction of sp³-hybridized carbons (Fsp3) is 0.0328. The summed E-state index contributed by atoms with van der Waals surface area (Å²) in [6.45, 7) is 0. The lowest BCUT2D eigenvalue weighted by molar-refractivity contribution is 0.0769. The van der Waals surface area contributed by atoms with Gasteiger partial charge >= 0.3 is 0 Å². The summed E-state index contributed by atoms with van der Waals surface area (Å²) in [7, 11) is 0. The lowest BCUT2D eigenvalue weighted by Crippen LogP contribution is -2.38. The zero-order chi connectivity index (χ0) is 45.2. The van der Waals surface area contributed by atoms with Crippen molar-refractivity contribution in [2.75, 3.05) is 0 Å². The molecule has 10 aromatic rings. The number of pyridine rings is 2. The van der Waals surface area contributed by atoms with Crippen molar-refractivity contribution in [3.05, 3.63) is 237 Å². The first-order valence-electron chi connectivity index (χ1n) is 22.7. The maximum absolute atomic E-state index is 6.88. The SMILES string of the molecule is C1=CC2Oc3c(-c4ccc(-c5ccc(-c6cc(-c7ccncc7)cc(-c7ccncc7)c6)cc5)cc4)ccc(-c4nc(-c5ccccc5)nc(-c5ccc(-c6ccccc6)cc5)n4)c3OC2C=C1. The molecule has 12 rings (SSSR count). The molecule has 7 aromatic carbocycles. The predicted octanol–water partition coefficient (Wildman–Crippen LogP) is 14.3. The van der Waals surface area contributed by atoms with Gasteiger partial charge in [-0.1, -0.05) is 146 Å². The largest absolute Gasteiger partial charge is 0.478 e. The molecule has 2 aliphatic rings. The van der Waals surface area contributed by atoms with Gasteiger partial charge in [0.2, 0.25) is 0 Å². The zero-order valence-corrected chi connectivity index (χ0v) is 36.7. The van der Waals surface area contributed by atoms with Crippen LogP contribution in [0.1, 0.15) is 0 Å². The second kappa shape index (κ2) is 17.7. The smallest absolute Gasteiger partial charge is 0.174 e. The summed E-state index contributed by atoms with van der Waals surface area (Å²) in [5, 5.41) is 0. The van der Waals surface area contributed by atoms with Crippen LogP contribution in [0.3, 0.4) is 0 Å². The van der Waals surface area contributed by atoms with Crippen LogP contribution in [0.5, 0.6) is 11.5 Å². The highest BCUT2D eigenvalue weighted by Gasteiger charge is 2.34. The van der Waals surface area contributed by atoms with Gasteiger partial charge in [-0.3, -0.25) is 9.97 Å². The van der Waals surface area contributed by atoms with Crippen molar-refractivity contribution < 1.29 is 9.47 Å². The van der Waals surface area contributed by atoms with Crippen molar-refractivity contribution in [2.24, 2.45) is 0 Å². The molecular formula is C61H41N5O2. The molecule has 0 saturated carbocycles. The first-order chi connectivity index (χ1) is 33.7. The van der Waals surface area contributed by atoms with Crippen LogP contribution in [-0.4, -0.2) is 37.1 Å². The number of allylic oxidation sites excluding steroid dienone is 2. The van der Waals surface area contributed by atoms with Crippen molar-refractivity contribution in [3.8, 4) is 112 Å². The van der Waals surface area contributed by atoms with Crippen LogP contribution in [-0.2, 0) is 0 Å². The summed E-state index contributed by atoms with van der Waals surface area (Å²) in [5.74, 6) is 2.88. The van der Waals surface area contributed by atoms with E-state index in [1.807, 2.05) is 128 Å². The molecule has 1 aliphatic carbocycles. The van der Waals surface area contributed by atoms with Crippen molar-refractivity contribution in [1.82, 2.24) is 24.9 Å². The summed E-state index contributed by atoms with van der Waals surface area (Å²) in [6.07, 6.45) is 14.8. The highest BCUT2D eigenvalue weighted by molar-refractivity contribution is 5.85. The third-order valence-corrected chi connectivity index (χ3v) is 12.5. The Morgan fingerprint density at radius 2 is 0.618 bits per heavy atom. The fourth-order valence-corrected chi connectivity index (χ4v) is 8.95. The second-order valence-corrected chi connectivity index (χ2v) is 16.8. The van der Waals surface area contributed by atoms with E-state index in [0.29, 0.717) is 29.0 Å². The normalized spacial score (nSPS) is 14.6. The Morgan fingerprint density at radius 3 is 1.10 bits per heavy atom. The van der Waals surface area contributed by atoms with E-state index >= 15 is 0 Å². The molecule has 0 radical (unpaired) electrons. The molecule has 2 unspecified atom stereocenters. The third kappa shape index (κ3) is 8.03. The molecule has 322 valence electrons. The Balaban J connectivity index is 0.890. The molecule has 0 spiro atoms. The second-order valence-electron chi connectivity index (χ2n) is 16.8. The van der Waals surface area contributed by atoms with E-state index in [9.17, 15) is 0 Å².